The highest BCUT2D eigenvalue weighted by molar-refractivity contribution is 6.30. The largest absolute Gasteiger partial charge is 0.381 e. The zero-order chi connectivity index (χ0) is 12.8. The number of anilines is 1. The van der Waals surface area contributed by atoms with Crippen LogP contribution in [0, 0.1) is 5.92 Å². The molecule has 0 radical (unpaired) electrons. The van der Waals surface area contributed by atoms with Gasteiger partial charge in [-0.05, 0) is 25.2 Å². The van der Waals surface area contributed by atoms with Crippen molar-refractivity contribution in [3.05, 3.63) is 17.0 Å². The molecule has 4 nitrogen and oxygen atoms in total. The fourth-order valence-corrected chi connectivity index (χ4v) is 2.45. The van der Waals surface area contributed by atoms with Crippen LogP contribution < -0.4 is 5.32 Å². The van der Waals surface area contributed by atoms with Gasteiger partial charge in [0, 0.05) is 25.3 Å². The van der Waals surface area contributed by atoms with E-state index in [4.69, 9.17) is 16.3 Å². The Morgan fingerprint density at radius 2 is 2.39 bits per heavy atom. The van der Waals surface area contributed by atoms with Crippen LogP contribution in [0.2, 0.25) is 5.15 Å². The summed E-state index contributed by atoms with van der Waals surface area (Å²) in [6.07, 6.45) is 5.76. The average molecular weight is 270 g/mol. The first kappa shape index (κ1) is 13.6. The van der Waals surface area contributed by atoms with Gasteiger partial charge in [-0.25, -0.2) is 9.97 Å². The molecule has 1 fully saturated rings. The van der Waals surface area contributed by atoms with Crippen LogP contribution in [-0.2, 0) is 11.2 Å². The Morgan fingerprint density at radius 1 is 1.50 bits per heavy atom. The molecule has 5 heteroatoms. The van der Waals surface area contributed by atoms with Crippen LogP contribution in [0.25, 0.3) is 0 Å². The molecule has 2 rings (SSSR count). The van der Waals surface area contributed by atoms with Gasteiger partial charge in [-0.3, -0.25) is 0 Å². The van der Waals surface area contributed by atoms with Crippen molar-refractivity contribution in [1.82, 2.24) is 9.97 Å². The minimum absolute atomic E-state index is 0.568. The average Bonchev–Trinajstić information content (AvgIpc) is 2.86. The number of halogens is 1. The minimum atomic E-state index is 0.568. The summed E-state index contributed by atoms with van der Waals surface area (Å²) in [7, 11) is 0. The van der Waals surface area contributed by atoms with Gasteiger partial charge in [0.1, 0.15) is 17.3 Å². The van der Waals surface area contributed by atoms with Gasteiger partial charge in [-0.1, -0.05) is 24.9 Å². The third-order valence-electron chi connectivity index (χ3n) is 3.26. The fraction of sp³-hybridized carbons (Fsp3) is 0.692. The standard InChI is InChI=1S/C13H20ClN3O/c1-2-3-11-12(14)16-9-17-13(11)15-6-4-10-5-7-18-8-10/h9-10H,2-8H2,1H3,(H,15,16,17). The van der Waals surface area contributed by atoms with E-state index in [1.54, 1.807) is 0 Å². The molecule has 0 amide bonds. The topological polar surface area (TPSA) is 47.0 Å². The van der Waals surface area contributed by atoms with Gasteiger partial charge in [0.2, 0.25) is 0 Å². The number of aromatic nitrogens is 2. The molecule has 1 atom stereocenters. The van der Waals surface area contributed by atoms with Crippen molar-refractivity contribution in [2.75, 3.05) is 25.1 Å². The first-order valence-corrected chi connectivity index (χ1v) is 7.00. The molecule has 100 valence electrons. The van der Waals surface area contributed by atoms with E-state index in [9.17, 15) is 0 Å². The zero-order valence-electron chi connectivity index (χ0n) is 10.8. The van der Waals surface area contributed by atoms with Crippen molar-refractivity contribution in [3.63, 3.8) is 0 Å². The highest BCUT2D eigenvalue weighted by Gasteiger charge is 2.15. The van der Waals surface area contributed by atoms with Crippen molar-refractivity contribution in [3.8, 4) is 0 Å². The molecule has 1 aromatic heterocycles. The Morgan fingerprint density at radius 3 is 3.11 bits per heavy atom. The third kappa shape index (κ3) is 3.56. The van der Waals surface area contributed by atoms with Crippen LogP contribution >= 0.6 is 11.6 Å². The molecule has 18 heavy (non-hydrogen) atoms. The van der Waals surface area contributed by atoms with Crippen molar-refractivity contribution in [2.24, 2.45) is 5.92 Å². The second kappa shape index (κ2) is 6.90. The Balaban J connectivity index is 1.89. The number of nitrogens with one attached hydrogen (secondary N) is 1. The molecule has 1 saturated heterocycles. The number of ether oxygens (including phenoxy) is 1. The second-order valence-corrected chi connectivity index (χ2v) is 5.04. The summed E-state index contributed by atoms with van der Waals surface area (Å²) in [6, 6.07) is 0. The van der Waals surface area contributed by atoms with Crippen molar-refractivity contribution in [1.29, 1.82) is 0 Å². The van der Waals surface area contributed by atoms with Gasteiger partial charge in [0.05, 0.1) is 0 Å². The second-order valence-electron chi connectivity index (χ2n) is 4.69. The van der Waals surface area contributed by atoms with Gasteiger partial charge in [-0.15, -0.1) is 0 Å². The van der Waals surface area contributed by atoms with E-state index in [2.05, 4.69) is 22.2 Å². The predicted octanol–water partition coefficient (Wildman–Crippen LogP) is 2.92. The molecule has 0 aromatic carbocycles. The van der Waals surface area contributed by atoms with Gasteiger partial charge in [0.25, 0.3) is 0 Å². The van der Waals surface area contributed by atoms with Crippen LogP contribution in [-0.4, -0.2) is 29.7 Å². The van der Waals surface area contributed by atoms with Gasteiger partial charge in [-0.2, -0.15) is 0 Å². The molecule has 1 aromatic rings. The predicted molar refractivity (Wildman–Crippen MR) is 73.1 cm³/mol. The molecule has 1 N–H and O–H groups in total. The van der Waals surface area contributed by atoms with E-state index in [-0.39, 0.29) is 0 Å². The number of hydrogen-bond acceptors (Lipinski definition) is 4. The van der Waals surface area contributed by atoms with Gasteiger partial charge < -0.3 is 10.1 Å². The Bertz CT molecular complexity index is 380. The minimum Gasteiger partial charge on any atom is -0.381 e. The third-order valence-corrected chi connectivity index (χ3v) is 3.59. The maximum Gasteiger partial charge on any atom is 0.137 e. The lowest BCUT2D eigenvalue weighted by Crippen LogP contribution is -2.12. The van der Waals surface area contributed by atoms with Gasteiger partial charge >= 0.3 is 0 Å². The van der Waals surface area contributed by atoms with Crippen molar-refractivity contribution < 1.29 is 4.74 Å². The molecule has 0 saturated carbocycles. The highest BCUT2D eigenvalue weighted by atomic mass is 35.5. The molecule has 1 unspecified atom stereocenters. The molecule has 0 bridgehead atoms. The molecule has 1 aliphatic heterocycles. The highest BCUT2D eigenvalue weighted by Crippen LogP contribution is 2.22. The van der Waals surface area contributed by atoms with Gasteiger partial charge in [0.15, 0.2) is 0 Å². The van der Waals surface area contributed by atoms with Crippen LogP contribution in [0.3, 0.4) is 0 Å². The normalized spacial score (nSPS) is 19.1. The summed E-state index contributed by atoms with van der Waals surface area (Å²) < 4.78 is 5.37. The first-order chi connectivity index (χ1) is 8.81. The Kier molecular flexibility index (Phi) is 5.20. The van der Waals surface area contributed by atoms with E-state index >= 15 is 0 Å². The van der Waals surface area contributed by atoms with E-state index in [0.29, 0.717) is 11.1 Å². The summed E-state index contributed by atoms with van der Waals surface area (Å²) in [5, 5.41) is 3.94. The van der Waals surface area contributed by atoms with Crippen LogP contribution in [0.15, 0.2) is 6.33 Å². The lowest BCUT2D eigenvalue weighted by atomic mass is 10.1. The smallest absolute Gasteiger partial charge is 0.137 e. The van der Waals surface area contributed by atoms with Crippen molar-refractivity contribution in [2.45, 2.75) is 32.6 Å². The maximum absolute atomic E-state index is 6.10. The van der Waals surface area contributed by atoms with E-state index < -0.39 is 0 Å². The van der Waals surface area contributed by atoms with E-state index in [1.807, 2.05) is 0 Å². The first-order valence-electron chi connectivity index (χ1n) is 6.62. The summed E-state index contributed by atoms with van der Waals surface area (Å²) in [6.45, 7) is 4.85. The molecule has 0 aliphatic carbocycles. The van der Waals surface area contributed by atoms with Crippen LogP contribution in [0.5, 0.6) is 0 Å². The van der Waals surface area contributed by atoms with Crippen molar-refractivity contribution >= 4 is 17.4 Å². The monoisotopic (exact) mass is 269 g/mol. The lowest BCUT2D eigenvalue weighted by molar-refractivity contribution is 0.185. The summed E-state index contributed by atoms with van der Waals surface area (Å²) >= 11 is 6.10. The lowest BCUT2D eigenvalue weighted by Gasteiger charge is -2.12. The maximum atomic E-state index is 6.10. The number of rotatable bonds is 6. The quantitative estimate of drug-likeness (QED) is 0.807. The molecule has 1 aliphatic rings. The molecule has 0 spiro atoms. The summed E-state index contributed by atoms with van der Waals surface area (Å²) in [4.78, 5) is 8.32. The van der Waals surface area contributed by atoms with E-state index in [1.165, 1.54) is 12.7 Å². The zero-order valence-corrected chi connectivity index (χ0v) is 11.5. The molecular formula is C13H20ClN3O. The molecular weight excluding hydrogens is 250 g/mol. The summed E-state index contributed by atoms with van der Waals surface area (Å²) in [5.41, 5.74) is 1.03. The molecule has 2 heterocycles. The van der Waals surface area contributed by atoms with E-state index in [0.717, 1.165) is 50.4 Å². The Labute approximate surface area is 113 Å². The van der Waals surface area contributed by atoms with Crippen LogP contribution in [0.1, 0.15) is 31.7 Å². The summed E-state index contributed by atoms with van der Waals surface area (Å²) in [5.74, 6) is 1.57. The number of nitrogens with zero attached hydrogens (tertiary/aromatic N) is 2. The van der Waals surface area contributed by atoms with Crippen LogP contribution in [0.4, 0.5) is 5.82 Å². The fourth-order valence-electron chi connectivity index (χ4n) is 2.22. The Hall–Kier alpha value is -0.870. The SMILES string of the molecule is CCCc1c(Cl)ncnc1NCCC1CCOC1. The number of hydrogen-bond donors (Lipinski definition) is 1.